The Labute approximate surface area is 127 Å². The minimum absolute atomic E-state index is 0.419. The first-order valence-corrected chi connectivity index (χ1v) is 7.15. The molecule has 2 rings (SSSR count). The van der Waals surface area contributed by atoms with Crippen molar-refractivity contribution in [2.75, 3.05) is 5.32 Å². The summed E-state index contributed by atoms with van der Waals surface area (Å²) in [5.74, 6) is 0. The van der Waals surface area contributed by atoms with Crippen LogP contribution < -0.4 is 11.1 Å². The number of hydrogen-bond acceptors (Lipinski definition) is 2. The molecule has 2 nitrogen and oxygen atoms in total. The maximum absolute atomic E-state index is 5.76. The number of halogens is 1. The predicted molar refractivity (Wildman–Crippen MR) is 88.5 cm³/mol. The van der Waals surface area contributed by atoms with Crippen LogP contribution in [0.2, 0.25) is 0 Å². The van der Waals surface area contributed by atoms with Crippen molar-refractivity contribution in [3.05, 3.63) is 63.6 Å². The minimum Gasteiger partial charge on any atom is -0.389 e. The second-order valence-corrected chi connectivity index (χ2v) is 5.75. The first-order valence-electron chi connectivity index (χ1n) is 5.95. The van der Waals surface area contributed by atoms with Crippen molar-refractivity contribution in [3.63, 3.8) is 0 Å². The third-order valence-corrected chi connectivity index (χ3v) is 3.59. The molecule has 0 radical (unpaired) electrons. The fraction of sp³-hybridized carbons (Fsp3) is 0.133. The van der Waals surface area contributed by atoms with Gasteiger partial charge in [0.15, 0.2) is 0 Å². The van der Waals surface area contributed by atoms with Crippen LogP contribution in [-0.2, 0) is 6.54 Å². The first-order chi connectivity index (χ1) is 9.06. The third kappa shape index (κ3) is 3.78. The second kappa shape index (κ2) is 6.17. The van der Waals surface area contributed by atoms with Gasteiger partial charge < -0.3 is 11.1 Å². The SMILES string of the molecule is Cc1ccc(NCc2ccc(Br)cc2)c(C(N)=S)c1. The molecule has 98 valence electrons. The van der Waals surface area contributed by atoms with Gasteiger partial charge in [-0.3, -0.25) is 0 Å². The van der Waals surface area contributed by atoms with E-state index in [2.05, 4.69) is 33.4 Å². The van der Waals surface area contributed by atoms with E-state index in [-0.39, 0.29) is 0 Å². The molecule has 0 saturated carbocycles. The molecule has 0 bridgehead atoms. The van der Waals surface area contributed by atoms with Crippen molar-refractivity contribution in [1.82, 2.24) is 0 Å². The first kappa shape index (κ1) is 14.0. The van der Waals surface area contributed by atoms with Gasteiger partial charge >= 0.3 is 0 Å². The minimum atomic E-state index is 0.419. The number of rotatable bonds is 4. The Hall–Kier alpha value is -1.39. The lowest BCUT2D eigenvalue weighted by molar-refractivity contribution is 1.14. The van der Waals surface area contributed by atoms with E-state index in [4.69, 9.17) is 18.0 Å². The molecule has 0 fully saturated rings. The summed E-state index contributed by atoms with van der Waals surface area (Å²) < 4.78 is 1.08. The maximum Gasteiger partial charge on any atom is 0.106 e. The van der Waals surface area contributed by atoms with Gasteiger partial charge in [0, 0.05) is 22.3 Å². The van der Waals surface area contributed by atoms with Gasteiger partial charge in [0.1, 0.15) is 4.99 Å². The molecule has 0 atom stereocenters. The molecule has 2 aromatic carbocycles. The highest BCUT2D eigenvalue weighted by Gasteiger charge is 2.05. The summed E-state index contributed by atoms with van der Waals surface area (Å²) in [6.07, 6.45) is 0. The predicted octanol–water partition coefficient (Wildman–Crippen LogP) is 4.00. The van der Waals surface area contributed by atoms with Gasteiger partial charge in [0.25, 0.3) is 0 Å². The van der Waals surface area contributed by atoms with Gasteiger partial charge in [-0.2, -0.15) is 0 Å². The molecular weight excluding hydrogens is 320 g/mol. The normalized spacial score (nSPS) is 10.2. The van der Waals surface area contributed by atoms with Crippen LogP contribution in [-0.4, -0.2) is 4.99 Å². The van der Waals surface area contributed by atoms with Gasteiger partial charge in [0.2, 0.25) is 0 Å². The third-order valence-electron chi connectivity index (χ3n) is 2.84. The van der Waals surface area contributed by atoms with Crippen molar-refractivity contribution in [1.29, 1.82) is 0 Å². The van der Waals surface area contributed by atoms with Crippen molar-refractivity contribution in [2.45, 2.75) is 13.5 Å². The fourth-order valence-corrected chi connectivity index (χ4v) is 2.25. The summed E-state index contributed by atoms with van der Waals surface area (Å²) in [6, 6.07) is 14.3. The van der Waals surface area contributed by atoms with Gasteiger partial charge in [0.05, 0.1) is 0 Å². The molecule has 19 heavy (non-hydrogen) atoms. The molecule has 2 aromatic rings. The highest BCUT2D eigenvalue weighted by atomic mass is 79.9. The molecule has 0 spiro atoms. The lowest BCUT2D eigenvalue weighted by atomic mass is 10.1. The van der Waals surface area contributed by atoms with Crippen molar-refractivity contribution in [3.8, 4) is 0 Å². The lowest BCUT2D eigenvalue weighted by Crippen LogP contribution is -2.13. The zero-order valence-electron chi connectivity index (χ0n) is 10.6. The van der Waals surface area contributed by atoms with Gasteiger partial charge in [-0.1, -0.05) is 51.9 Å². The molecule has 0 heterocycles. The Morgan fingerprint density at radius 1 is 1.21 bits per heavy atom. The number of benzene rings is 2. The Morgan fingerprint density at radius 2 is 1.89 bits per heavy atom. The van der Waals surface area contributed by atoms with Crippen LogP contribution in [0, 0.1) is 6.92 Å². The van der Waals surface area contributed by atoms with Gasteiger partial charge in [-0.15, -0.1) is 0 Å². The number of anilines is 1. The number of nitrogens with one attached hydrogen (secondary N) is 1. The van der Waals surface area contributed by atoms with E-state index in [0.717, 1.165) is 27.8 Å². The molecule has 0 aliphatic carbocycles. The molecular formula is C15H15BrN2S. The van der Waals surface area contributed by atoms with Crippen LogP contribution in [0.3, 0.4) is 0 Å². The molecule has 0 saturated heterocycles. The topological polar surface area (TPSA) is 38.0 Å². The summed E-state index contributed by atoms with van der Waals surface area (Å²) in [4.78, 5) is 0.419. The number of aryl methyl sites for hydroxylation is 1. The Morgan fingerprint density at radius 3 is 2.53 bits per heavy atom. The monoisotopic (exact) mass is 334 g/mol. The molecule has 0 aromatic heterocycles. The molecule has 3 N–H and O–H groups in total. The quantitative estimate of drug-likeness (QED) is 0.830. The fourth-order valence-electron chi connectivity index (χ4n) is 1.82. The van der Waals surface area contributed by atoms with Gasteiger partial charge in [-0.05, 0) is 36.8 Å². The maximum atomic E-state index is 5.76. The summed E-state index contributed by atoms with van der Waals surface area (Å²) in [6.45, 7) is 2.77. The van der Waals surface area contributed by atoms with Crippen LogP contribution >= 0.6 is 28.1 Å². The van der Waals surface area contributed by atoms with Crippen molar-refractivity contribution >= 4 is 38.8 Å². The van der Waals surface area contributed by atoms with E-state index >= 15 is 0 Å². The summed E-state index contributed by atoms with van der Waals surface area (Å²) in [5.41, 5.74) is 9.98. The summed E-state index contributed by atoms with van der Waals surface area (Å²) in [5, 5.41) is 3.37. The van der Waals surface area contributed by atoms with E-state index in [1.54, 1.807) is 0 Å². The molecule has 4 heteroatoms. The average Bonchev–Trinajstić information content (AvgIpc) is 2.39. The number of thiocarbonyl (C=S) groups is 1. The highest BCUT2D eigenvalue weighted by Crippen LogP contribution is 2.19. The second-order valence-electron chi connectivity index (χ2n) is 4.39. The van der Waals surface area contributed by atoms with E-state index < -0.39 is 0 Å². The largest absolute Gasteiger partial charge is 0.389 e. The summed E-state index contributed by atoms with van der Waals surface area (Å²) >= 11 is 8.51. The van der Waals surface area contributed by atoms with Crippen molar-refractivity contribution < 1.29 is 0 Å². The van der Waals surface area contributed by atoms with E-state index in [0.29, 0.717) is 4.99 Å². The average molecular weight is 335 g/mol. The number of hydrogen-bond donors (Lipinski definition) is 2. The van der Waals surface area contributed by atoms with Crippen LogP contribution in [0.5, 0.6) is 0 Å². The van der Waals surface area contributed by atoms with Crippen molar-refractivity contribution in [2.24, 2.45) is 5.73 Å². The Balaban J connectivity index is 2.15. The molecule has 0 amide bonds. The molecule has 0 aliphatic rings. The lowest BCUT2D eigenvalue weighted by Gasteiger charge is -2.12. The van der Waals surface area contributed by atoms with Crippen LogP contribution in [0.4, 0.5) is 5.69 Å². The zero-order chi connectivity index (χ0) is 13.8. The summed E-state index contributed by atoms with van der Waals surface area (Å²) in [7, 11) is 0. The van der Waals surface area contributed by atoms with Crippen LogP contribution in [0.15, 0.2) is 46.9 Å². The number of nitrogens with two attached hydrogens (primary N) is 1. The molecule has 0 unspecified atom stereocenters. The Bertz CT molecular complexity index is 594. The smallest absolute Gasteiger partial charge is 0.106 e. The van der Waals surface area contributed by atoms with Gasteiger partial charge in [-0.25, -0.2) is 0 Å². The van der Waals surface area contributed by atoms with Crippen LogP contribution in [0.1, 0.15) is 16.7 Å². The standard InChI is InChI=1S/C15H15BrN2S/c1-10-2-7-14(13(8-10)15(17)19)18-9-11-3-5-12(16)6-4-11/h2-8,18H,9H2,1H3,(H2,17,19). The molecule has 0 aliphatic heterocycles. The zero-order valence-corrected chi connectivity index (χ0v) is 13.0. The van der Waals surface area contributed by atoms with E-state index in [1.165, 1.54) is 5.56 Å². The van der Waals surface area contributed by atoms with E-state index in [1.807, 2.05) is 37.3 Å². The van der Waals surface area contributed by atoms with E-state index in [9.17, 15) is 0 Å². The van der Waals surface area contributed by atoms with Crippen LogP contribution in [0.25, 0.3) is 0 Å². The Kier molecular flexibility index (Phi) is 4.56. The highest BCUT2D eigenvalue weighted by molar-refractivity contribution is 9.10.